The maximum atomic E-state index is 12.0. The molecule has 1 unspecified atom stereocenters. The van der Waals surface area contributed by atoms with Crippen LogP contribution in [0.1, 0.15) is 29.0 Å². The second-order valence-electron chi connectivity index (χ2n) is 6.31. The number of carbonyl (C=O) groups excluding carboxylic acids is 1. The zero-order chi connectivity index (χ0) is 17.8. The Bertz CT molecular complexity index is 767. The Hall–Kier alpha value is -2.67. The summed E-state index contributed by atoms with van der Waals surface area (Å²) < 4.78 is 2.17. The molecule has 2 heterocycles. The number of hydrogen-bond donors (Lipinski definition) is 3. The minimum atomic E-state index is -0.934. The van der Waals surface area contributed by atoms with Gasteiger partial charge < -0.3 is 20.7 Å². The molecule has 1 atom stereocenters. The molecule has 1 aliphatic heterocycles. The first-order valence-electron chi connectivity index (χ1n) is 8.43. The number of carboxylic acid groups (broad SMARTS) is 1. The Morgan fingerprint density at radius 2 is 2.08 bits per heavy atom. The number of carbonyl (C=O) groups is 2. The number of carboxylic acids is 1. The third-order valence-electron chi connectivity index (χ3n) is 4.51. The van der Waals surface area contributed by atoms with Crippen molar-refractivity contribution in [3.63, 3.8) is 0 Å². The summed E-state index contributed by atoms with van der Waals surface area (Å²) in [5, 5.41) is 11.2. The van der Waals surface area contributed by atoms with Crippen LogP contribution in [0.5, 0.6) is 0 Å². The number of nitrogens with one attached hydrogen (secondary N) is 1. The third kappa shape index (κ3) is 4.06. The minimum Gasteiger partial charge on any atom is -0.481 e. The van der Waals surface area contributed by atoms with Crippen LogP contribution in [-0.4, -0.2) is 39.6 Å². The van der Waals surface area contributed by atoms with Gasteiger partial charge >= 0.3 is 5.97 Å². The van der Waals surface area contributed by atoms with Gasteiger partial charge in [-0.3, -0.25) is 9.59 Å². The van der Waals surface area contributed by atoms with Crippen LogP contribution in [-0.2, 0) is 17.8 Å². The number of fused-ring (bicyclic) bond motifs is 1. The molecule has 1 aromatic heterocycles. The van der Waals surface area contributed by atoms with E-state index in [0.29, 0.717) is 18.0 Å². The second kappa shape index (κ2) is 7.48. The number of imidazole rings is 1. The van der Waals surface area contributed by atoms with Crippen molar-refractivity contribution in [2.24, 2.45) is 11.7 Å². The Labute approximate surface area is 145 Å². The fraction of sp³-hybridized carbons (Fsp3) is 0.389. The molecule has 132 valence electrons. The number of amides is 1. The van der Waals surface area contributed by atoms with Gasteiger partial charge in [0.2, 0.25) is 0 Å². The fourth-order valence-corrected chi connectivity index (χ4v) is 3.01. The molecule has 1 aromatic carbocycles. The molecule has 7 heteroatoms. The van der Waals surface area contributed by atoms with E-state index in [9.17, 15) is 9.59 Å². The van der Waals surface area contributed by atoms with Crippen LogP contribution in [0.25, 0.3) is 11.3 Å². The van der Waals surface area contributed by atoms with E-state index < -0.39 is 5.97 Å². The molecule has 0 bridgehead atoms. The molecule has 0 spiro atoms. The van der Waals surface area contributed by atoms with Crippen LogP contribution >= 0.6 is 0 Å². The molecule has 4 N–H and O–H groups in total. The third-order valence-corrected chi connectivity index (χ3v) is 4.51. The minimum absolute atomic E-state index is 0.0895. The van der Waals surface area contributed by atoms with Gasteiger partial charge in [0.05, 0.1) is 12.1 Å². The Balaban J connectivity index is 1.68. The van der Waals surface area contributed by atoms with E-state index in [0.717, 1.165) is 36.5 Å². The maximum absolute atomic E-state index is 12.0. The Morgan fingerprint density at radius 3 is 2.76 bits per heavy atom. The van der Waals surface area contributed by atoms with Crippen LogP contribution in [0.3, 0.4) is 0 Å². The van der Waals surface area contributed by atoms with E-state index in [1.165, 1.54) is 0 Å². The topological polar surface area (TPSA) is 110 Å². The molecule has 0 saturated heterocycles. The van der Waals surface area contributed by atoms with Crippen LogP contribution in [0.4, 0.5) is 0 Å². The predicted molar refractivity (Wildman–Crippen MR) is 93.1 cm³/mol. The van der Waals surface area contributed by atoms with Crippen molar-refractivity contribution in [1.82, 2.24) is 14.9 Å². The van der Waals surface area contributed by atoms with Crippen molar-refractivity contribution >= 4 is 11.9 Å². The Morgan fingerprint density at radius 1 is 1.32 bits per heavy atom. The normalized spacial score (nSPS) is 16.3. The molecule has 0 radical (unpaired) electrons. The van der Waals surface area contributed by atoms with E-state index in [-0.39, 0.29) is 18.9 Å². The van der Waals surface area contributed by atoms with Crippen LogP contribution in [0.2, 0.25) is 0 Å². The summed E-state index contributed by atoms with van der Waals surface area (Å²) in [6.07, 6.45) is 3.94. The number of hydrogen-bond acceptors (Lipinski definition) is 4. The van der Waals surface area contributed by atoms with Gasteiger partial charge in [0.25, 0.3) is 5.91 Å². The van der Waals surface area contributed by atoms with Gasteiger partial charge in [-0.05, 0) is 31.0 Å². The summed E-state index contributed by atoms with van der Waals surface area (Å²) in [6.45, 7) is 1.74. The lowest BCUT2D eigenvalue weighted by molar-refractivity contribution is -0.136. The number of nitrogens with two attached hydrogens (primary N) is 1. The van der Waals surface area contributed by atoms with Crippen molar-refractivity contribution in [3.05, 3.63) is 41.9 Å². The van der Waals surface area contributed by atoms with E-state index in [1.807, 2.05) is 18.3 Å². The summed E-state index contributed by atoms with van der Waals surface area (Å²) in [7, 11) is 0. The highest BCUT2D eigenvalue weighted by Gasteiger charge is 2.20. The van der Waals surface area contributed by atoms with Crippen molar-refractivity contribution < 1.29 is 14.7 Å². The number of aliphatic carboxylic acids is 1. The van der Waals surface area contributed by atoms with Gasteiger partial charge in [0.1, 0.15) is 5.82 Å². The zero-order valence-corrected chi connectivity index (χ0v) is 13.9. The highest BCUT2D eigenvalue weighted by atomic mass is 16.4. The largest absolute Gasteiger partial charge is 0.481 e. The smallest absolute Gasteiger partial charge is 0.305 e. The highest BCUT2D eigenvalue weighted by molar-refractivity contribution is 5.94. The molecular formula is C18H22N4O3. The number of aryl methyl sites for hydroxylation is 1. The van der Waals surface area contributed by atoms with E-state index in [1.54, 1.807) is 12.1 Å². The van der Waals surface area contributed by atoms with Crippen LogP contribution in [0, 0.1) is 5.92 Å². The van der Waals surface area contributed by atoms with Gasteiger partial charge in [-0.25, -0.2) is 4.98 Å². The zero-order valence-electron chi connectivity index (χ0n) is 13.9. The summed E-state index contributed by atoms with van der Waals surface area (Å²) >= 11 is 0. The van der Waals surface area contributed by atoms with Crippen molar-refractivity contribution in [3.8, 4) is 11.3 Å². The fourth-order valence-electron chi connectivity index (χ4n) is 3.01. The molecule has 1 aliphatic rings. The van der Waals surface area contributed by atoms with Gasteiger partial charge in [-0.2, -0.15) is 0 Å². The number of rotatable bonds is 6. The first-order valence-corrected chi connectivity index (χ1v) is 8.43. The van der Waals surface area contributed by atoms with Crippen LogP contribution < -0.4 is 11.1 Å². The second-order valence-corrected chi connectivity index (χ2v) is 6.31. The molecule has 3 rings (SSSR count). The molecule has 25 heavy (non-hydrogen) atoms. The molecule has 2 aromatic rings. The summed E-state index contributed by atoms with van der Waals surface area (Å²) in [6, 6.07) is 7.18. The van der Waals surface area contributed by atoms with E-state index in [2.05, 4.69) is 9.88 Å². The average Bonchev–Trinajstić information content (AvgIpc) is 3.04. The molecule has 7 nitrogen and oxygen atoms in total. The highest BCUT2D eigenvalue weighted by Crippen LogP contribution is 2.25. The molecule has 0 fully saturated rings. The lowest BCUT2D eigenvalue weighted by atomic mass is 9.98. The molecular weight excluding hydrogens is 320 g/mol. The van der Waals surface area contributed by atoms with Crippen molar-refractivity contribution in [1.29, 1.82) is 0 Å². The van der Waals surface area contributed by atoms with Crippen molar-refractivity contribution in [2.75, 3.05) is 13.1 Å². The lowest BCUT2D eigenvalue weighted by Crippen LogP contribution is -2.25. The van der Waals surface area contributed by atoms with E-state index in [4.69, 9.17) is 15.8 Å². The van der Waals surface area contributed by atoms with Crippen LogP contribution in [0.15, 0.2) is 30.5 Å². The number of aromatic nitrogens is 2. The standard InChI is InChI=1S/C18H22N4O3/c19-10-12-6-8-22-11-15(21-16(22)9-12)13-1-3-14(4-2-13)18(25)20-7-5-17(23)24/h1-4,11-12H,5-10,19H2,(H,20,25)(H,23,24). The van der Waals surface area contributed by atoms with Gasteiger partial charge in [-0.1, -0.05) is 12.1 Å². The van der Waals surface area contributed by atoms with Gasteiger partial charge in [0, 0.05) is 36.8 Å². The number of nitrogens with zero attached hydrogens (tertiary/aromatic N) is 2. The van der Waals surface area contributed by atoms with E-state index >= 15 is 0 Å². The average molecular weight is 342 g/mol. The molecule has 1 amide bonds. The van der Waals surface area contributed by atoms with Gasteiger partial charge in [-0.15, -0.1) is 0 Å². The maximum Gasteiger partial charge on any atom is 0.305 e. The lowest BCUT2D eigenvalue weighted by Gasteiger charge is -2.21. The monoisotopic (exact) mass is 342 g/mol. The summed E-state index contributed by atoms with van der Waals surface area (Å²) in [5.74, 6) is 0.353. The Kier molecular flexibility index (Phi) is 5.14. The molecule has 0 aliphatic carbocycles. The first-order chi connectivity index (χ1) is 12.1. The predicted octanol–water partition coefficient (Wildman–Crippen LogP) is 1.28. The molecule has 0 saturated carbocycles. The quantitative estimate of drug-likeness (QED) is 0.732. The van der Waals surface area contributed by atoms with Crippen molar-refractivity contribution in [2.45, 2.75) is 25.8 Å². The SMILES string of the molecule is NCC1CCn2cc(-c3ccc(C(=O)NCCC(=O)O)cc3)nc2C1. The summed E-state index contributed by atoms with van der Waals surface area (Å²) in [4.78, 5) is 27.1. The summed E-state index contributed by atoms with van der Waals surface area (Å²) in [5.41, 5.74) is 8.11. The van der Waals surface area contributed by atoms with Gasteiger partial charge in [0.15, 0.2) is 0 Å². The first kappa shape index (κ1) is 17.2. The number of benzene rings is 1.